The molecule has 4 nitrogen and oxygen atoms in total. The highest BCUT2D eigenvalue weighted by Gasteiger charge is 2.13. The van der Waals surface area contributed by atoms with Gasteiger partial charge in [0.05, 0.1) is 12.2 Å². The highest BCUT2D eigenvalue weighted by molar-refractivity contribution is 5.91. The van der Waals surface area contributed by atoms with E-state index in [9.17, 15) is 15.0 Å². The molecule has 0 saturated carbocycles. The van der Waals surface area contributed by atoms with Crippen LogP contribution in [0.4, 0.5) is 0 Å². The maximum atomic E-state index is 11.5. The number of aryl methyl sites for hydroxylation is 1. The third-order valence-electron chi connectivity index (χ3n) is 1.98. The molecule has 0 bridgehead atoms. The molecule has 15 heavy (non-hydrogen) atoms. The van der Waals surface area contributed by atoms with E-state index >= 15 is 0 Å². The summed E-state index contributed by atoms with van der Waals surface area (Å²) in [4.78, 5) is 11.5. The molecule has 1 rings (SSSR count). The minimum Gasteiger partial charge on any atom is -0.504 e. The molecule has 0 amide bonds. The van der Waals surface area contributed by atoms with Gasteiger partial charge >= 0.3 is 5.97 Å². The first kappa shape index (κ1) is 11.4. The molecular weight excluding hydrogens is 196 g/mol. The molecule has 0 fully saturated rings. The van der Waals surface area contributed by atoms with Crippen LogP contribution in [-0.2, 0) is 4.74 Å². The van der Waals surface area contributed by atoms with E-state index in [1.807, 2.05) is 6.92 Å². The third kappa shape index (κ3) is 2.62. The van der Waals surface area contributed by atoms with E-state index in [4.69, 9.17) is 4.74 Å². The maximum Gasteiger partial charge on any atom is 0.338 e. The molecule has 0 aromatic heterocycles. The summed E-state index contributed by atoms with van der Waals surface area (Å²) in [7, 11) is 0. The molecule has 4 heteroatoms. The number of carbonyl (C=O) groups is 1. The molecule has 0 heterocycles. The van der Waals surface area contributed by atoms with Gasteiger partial charge in [0.1, 0.15) is 0 Å². The molecule has 0 radical (unpaired) electrons. The summed E-state index contributed by atoms with van der Waals surface area (Å²) in [5, 5.41) is 18.4. The van der Waals surface area contributed by atoms with Crippen molar-refractivity contribution in [1.82, 2.24) is 0 Å². The van der Waals surface area contributed by atoms with Crippen LogP contribution in [0.25, 0.3) is 0 Å². The fraction of sp³-hybridized carbons (Fsp3) is 0.364. The van der Waals surface area contributed by atoms with Crippen LogP contribution in [0.3, 0.4) is 0 Å². The van der Waals surface area contributed by atoms with Crippen molar-refractivity contribution in [3.63, 3.8) is 0 Å². The van der Waals surface area contributed by atoms with Crippen molar-refractivity contribution in [2.45, 2.75) is 20.3 Å². The van der Waals surface area contributed by atoms with E-state index in [2.05, 4.69) is 0 Å². The standard InChI is InChI=1S/C11H14O4/c1-3-4-15-11(14)8-6-10(13)9(12)5-7(8)2/h5-6,12-13H,3-4H2,1-2H3. The summed E-state index contributed by atoms with van der Waals surface area (Å²) in [6.07, 6.45) is 0.745. The zero-order valence-corrected chi connectivity index (χ0v) is 8.78. The Hall–Kier alpha value is -1.71. The molecule has 0 aliphatic carbocycles. The van der Waals surface area contributed by atoms with Crippen LogP contribution >= 0.6 is 0 Å². The van der Waals surface area contributed by atoms with Crippen LogP contribution in [-0.4, -0.2) is 22.8 Å². The zero-order valence-electron chi connectivity index (χ0n) is 8.78. The number of hydrogen-bond donors (Lipinski definition) is 2. The van der Waals surface area contributed by atoms with Crippen molar-refractivity contribution in [1.29, 1.82) is 0 Å². The van der Waals surface area contributed by atoms with Gasteiger partial charge < -0.3 is 14.9 Å². The molecule has 1 aromatic carbocycles. The average molecular weight is 210 g/mol. The SMILES string of the molecule is CCCOC(=O)c1cc(O)c(O)cc1C. The Kier molecular flexibility index (Phi) is 3.55. The van der Waals surface area contributed by atoms with Gasteiger partial charge in [-0.25, -0.2) is 4.79 Å². The lowest BCUT2D eigenvalue weighted by Crippen LogP contribution is -2.07. The summed E-state index contributed by atoms with van der Waals surface area (Å²) in [6.45, 7) is 3.91. The maximum absolute atomic E-state index is 11.5. The van der Waals surface area contributed by atoms with Gasteiger partial charge in [-0.05, 0) is 31.0 Å². The molecule has 0 aliphatic heterocycles. The topological polar surface area (TPSA) is 66.8 Å². The van der Waals surface area contributed by atoms with E-state index < -0.39 is 5.97 Å². The molecule has 0 unspecified atom stereocenters. The number of hydrogen-bond acceptors (Lipinski definition) is 4. The molecule has 82 valence electrons. The second kappa shape index (κ2) is 4.68. The lowest BCUT2D eigenvalue weighted by molar-refractivity contribution is 0.0504. The molecule has 0 saturated heterocycles. The Morgan fingerprint density at radius 1 is 1.33 bits per heavy atom. The highest BCUT2D eigenvalue weighted by Crippen LogP contribution is 2.28. The normalized spacial score (nSPS) is 10.0. The molecule has 2 N–H and O–H groups in total. The van der Waals surface area contributed by atoms with Gasteiger partial charge in [0.15, 0.2) is 11.5 Å². The summed E-state index contributed by atoms with van der Waals surface area (Å²) < 4.78 is 4.92. The van der Waals surface area contributed by atoms with Crippen molar-refractivity contribution >= 4 is 5.97 Å². The lowest BCUT2D eigenvalue weighted by atomic mass is 10.1. The largest absolute Gasteiger partial charge is 0.504 e. The molecule has 0 spiro atoms. The van der Waals surface area contributed by atoms with E-state index in [-0.39, 0.29) is 17.1 Å². The predicted octanol–water partition coefficient (Wildman–Crippen LogP) is 1.97. The highest BCUT2D eigenvalue weighted by atomic mass is 16.5. The van der Waals surface area contributed by atoms with Crippen molar-refractivity contribution in [3.05, 3.63) is 23.3 Å². The smallest absolute Gasteiger partial charge is 0.338 e. The first-order valence-electron chi connectivity index (χ1n) is 4.76. The molecular formula is C11H14O4. The van der Waals surface area contributed by atoms with Crippen LogP contribution in [0.2, 0.25) is 0 Å². The monoisotopic (exact) mass is 210 g/mol. The van der Waals surface area contributed by atoms with Crippen LogP contribution in [0, 0.1) is 6.92 Å². The minimum absolute atomic E-state index is 0.237. The van der Waals surface area contributed by atoms with Crippen LogP contribution < -0.4 is 0 Å². The lowest BCUT2D eigenvalue weighted by Gasteiger charge is -2.07. The Balaban J connectivity index is 2.94. The summed E-state index contributed by atoms with van der Waals surface area (Å²) in [5.41, 5.74) is 0.852. The number of phenols is 2. The zero-order chi connectivity index (χ0) is 11.4. The van der Waals surface area contributed by atoms with Crippen molar-refractivity contribution in [2.75, 3.05) is 6.61 Å². The van der Waals surface area contributed by atoms with E-state index in [1.54, 1.807) is 6.92 Å². The third-order valence-corrected chi connectivity index (χ3v) is 1.98. The number of ether oxygens (including phenoxy) is 1. The Bertz CT molecular complexity index is 371. The van der Waals surface area contributed by atoms with Crippen molar-refractivity contribution in [2.24, 2.45) is 0 Å². The molecule has 1 aromatic rings. The molecule has 0 atom stereocenters. The van der Waals surface area contributed by atoms with Crippen molar-refractivity contribution < 1.29 is 19.7 Å². The first-order valence-corrected chi connectivity index (χ1v) is 4.76. The summed E-state index contributed by atoms with van der Waals surface area (Å²) >= 11 is 0. The Morgan fingerprint density at radius 2 is 1.93 bits per heavy atom. The fourth-order valence-corrected chi connectivity index (χ4v) is 1.17. The number of esters is 1. The quantitative estimate of drug-likeness (QED) is 0.591. The van der Waals surface area contributed by atoms with Gasteiger partial charge in [-0.1, -0.05) is 6.92 Å². The second-order valence-electron chi connectivity index (χ2n) is 3.29. The van der Waals surface area contributed by atoms with E-state index in [0.29, 0.717) is 12.2 Å². The van der Waals surface area contributed by atoms with Gasteiger partial charge in [-0.3, -0.25) is 0 Å². The van der Waals surface area contributed by atoms with Crippen molar-refractivity contribution in [3.8, 4) is 11.5 Å². The number of aromatic hydroxyl groups is 2. The van der Waals surface area contributed by atoms with Gasteiger partial charge in [-0.2, -0.15) is 0 Å². The van der Waals surface area contributed by atoms with Gasteiger partial charge in [0.2, 0.25) is 0 Å². The van der Waals surface area contributed by atoms with Gasteiger partial charge in [0.25, 0.3) is 0 Å². The van der Waals surface area contributed by atoms with Gasteiger partial charge in [0, 0.05) is 0 Å². The van der Waals surface area contributed by atoms with E-state index in [1.165, 1.54) is 12.1 Å². The Labute approximate surface area is 88.1 Å². The number of benzene rings is 1. The van der Waals surface area contributed by atoms with Crippen LogP contribution in [0.5, 0.6) is 11.5 Å². The average Bonchev–Trinajstić information content (AvgIpc) is 2.20. The second-order valence-corrected chi connectivity index (χ2v) is 3.29. The number of carbonyl (C=O) groups excluding carboxylic acids is 1. The number of phenolic OH excluding ortho intramolecular Hbond substituents is 2. The van der Waals surface area contributed by atoms with Crippen LogP contribution in [0.15, 0.2) is 12.1 Å². The molecule has 0 aliphatic rings. The predicted molar refractivity (Wildman–Crippen MR) is 55.1 cm³/mol. The summed E-state index contributed by atoms with van der Waals surface area (Å²) in [5.74, 6) is -1.03. The minimum atomic E-state index is -0.482. The fourth-order valence-electron chi connectivity index (χ4n) is 1.17. The Morgan fingerprint density at radius 3 is 2.53 bits per heavy atom. The summed E-state index contributed by atoms with van der Waals surface area (Å²) in [6, 6.07) is 2.54. The van der Waals surface area contributed by atoms with Crippen LogP contribution in [0.1, 0.15) is 29.3 Å². The number of rotatable bonds is 3. The first-order chi connectivity index (χ1) is 7.06. The van der Waals surface area contributed by atoms with E-state index in [0.717, 1.165) is 6.42 Å². The van der Waals surface area contributed by atoms with Gasteiger partial charge in [-0.15, -0.1) is 0 Å².